The van der Waals surface area contributed by atoms with Gasteiger partial charge in [-0.3, -0.25) is 0 Å². The summed E-state index contributed by atoms with van der Waals surface area (Å²) in [5.74, 6) is 0.907. The minimum absolute atomic E-state index is 0.448. The summed E-state index contributed by atoms with van der Waals surface area (Å²) >= 11 is 6.05. The minimum Gasteiger partial charge on any atom is -0.490 e. The van der Waals surface area contributed by atoms with Crippen molar-refractivity contribution >= 4 is 11.6 Å². The minimum atomic E-state index is 0.448. The molecule has 13 heavy (non-hydrogen) atoms. The van der Waals surface area contributed by atoms with Crippen LogP contribution in [0.25, 0.3) is 0 Å². The normalized spacial score (nSPS) is 15.8. The lowest BCUT2D eigenvalue weighted by molar-refractivity contribution is 0.303. The highest BCUT2D eigenvalue weighted by molar-refractivity contribution is 6.31. The highest BCUT2D eigenvalue weighted by atomic mass is 35.5. The van der Waals surface area contributed by atoms with Crippen LogP contribution in [0, 0.1) is 0 Å². The van der Waals surface area contributed by atoms with E-state index in [0.717, 1.165) is 17.2 Å². The average molecular weight is 197 g/mol. The largest absolute Gasteiger partial charge is 0.490 e. The van der Waals surface area contributed by atoms with Crippen LogP contribution in [-0.4, -0.2) is 6.10 Å². The third kappa shape index (κ3) is 2.16. The van der Waals surface area contributed by atoms with E-state index >= 15 is 0 Å². The summed E-state index contributed by atoms with van der Waals surface area (Å²) in [6.45, 7) is 2.10. The van der Waals surface area contributed by atoms with E-state index in [1.807, 2.05) is 18.2 Å². The van der Waals surface area contributed by atoms with Gasteiger partial charge in [0.25, 0.3) is 0 Å². The molecule has 2 rings (SSSR count). The lowest BCUT2D eigenvalue weighted by Crippen LogP contribution is -1.96. The third-order valence-electron chi connectivity index (χ3n) is 2.23. The molecular formula is C11H13ClO. The van der Waals surface area contributed by atoms with Gasteiger partial charge in [-0.15, -0.1) is 0 Å². The smallest absolute Gasteiger partial charge is 0.121 e. The first-order valence-corrected chi connectivity index (χ1v) is 5.12. The number of ether oxygens (including phenoxy) is 1. The number of aryl methyl sites for hydroxylation is 1. The van der Waals surface area contributed by atoms with Crippen molar-refractivity contribution in [2.24, 2.45) is 0 Å². The molecule has 1 aliphatic rings. The van der Waals surface area contributed by atoms with Crippen molar-refractivity contribution in [2.45, 2.75) is 32.3 Å². The lowest BCUT2D eigenvalue weighted by Gasteiger charge is -2.06. The fraction of sp³-hybridized carbons (Fsp3) is 0.455. The fourth-order valence-corrected chi connectivity index (χ4v) is 1.57. The van der Waals surface area contributed by atoms with Gasteiger partial charge in [-0.05, 0) is 37.0 Å². The Morgan fingerprint density at radius 3 is 2.77 bits per heavy atom. The zero-order chi connectivity index (χ0) is 9.26. The monoisotopic (exact) mass is 196 g/mol. The van der Waals surface area contributed by atoms with Crippen LogP contribution in [0.15, 0.2) is 18.2 Å². The maximum atomic E-state index is 6.05. The summed E-state index contributed by atoms with van der Waals surface area (Å²) in [5, 5.41) is 0.820. The molecule has 1 saturated carbocycles. The van der Waals surface area contributed by atoms with Gasteiger partial charge in [0.15, 0.2) is 0 Å². The number of rotatable bonds is 3. The van der Waals surface area contributed by atoms with Crippen LogP contribution < -0.4 is 4.74 Å². The van der Waals surface area contributed by atoms with Crippen molar-refractivity contribution in [3.63, 3.8) is 0 Å². The first-order valence-electron chi connectivity index (χ1n) is 4.74. The zero-order valence-corrected chi connectivity index (χ0v) is 8.47. The van der Waals surface area contributed by atoms with Gasteiger partial charge in [0.05, 0.1) is 6.10 Å². The Morgan fingerprint density at radius 2 is 2.23 bits per heavy atom. The van der Waals surface area contributed by atoms with Crippen LogP contribution in [-0.2, 0) is 6.42 Å². The first-order chi connectivity index (χ1) is 6.29. The van der Waals surface area contributed by atoms with E-state index in [0.29, 0.717) is 6.10 Å². The standard InChI is InChI=1S/C11H13ClO/c1-2-8-3-4-10(7-11(8)12)13-9-5-6-9/h3-4,7,9H,2,5-6H2,1H3. The average Bonchev–Trinajstić information content (AvgIpc) is 2.89. The Morgan fingerprint density at radius 1 is 1.46 bits per heavy atom. The number of halogens is 1. The van der Waals surface area contributed by atoms with Crippen molar-refractivity contribution in [2.75, 3.05) is 0 Å². The molecule has 0 heterocycles. The van der Waals surface area contributed by atoms with E-state index in [4.69, 9.17) is 16.3 Å². The van der Waals surface area contributed by atoms with Crippen LogP contribution in [0.1, 0.15) is 25.3 Å². The molecule has 1 aliphatic carbocycles. The van der Waals surface area contributed by atoms with Crippen LogP contribution >= 0.6 is 11.6 Å². The fourth-order valence-electron chi connectivity index (χ4n) is 1.27. The first kappa shape index (κ1) is 8.89. The summed E-state index contributed by atoms with van der Waals surface area (Å²) in [4.78, 5) is 0. The maximum absolute atomic E-state index is 6.05. The molecule has 0 radical (unpaired) electrons. The van der Waals surface area contributed by atoms with Crippen LogP contribution in [0.4, 0.5) is 0 Å². The van der Waals surface area contributed by atoms with E-state index in [-0.39, 0.29) is 0 Å². The predicted molar refractivity (Wildman–Crippen MR) is 54.5 cm³/mol. The summed E-state index contributed by atoms with van der Waals surface area (Å²) in [5.41, 5.74) is 1.19. The van der Waals surface area contributed by atoms with Crippen LogP contribution in [0.2, 0.25) is 5.02 Å². The van der Waals surface area contributed by atoms with Gasteiger partial charge in [0.2, 0.25) is 0 Å². The Bertz CT molecular complexity index is 305. The molecule has 0 unspecified atom stereocenters. The topological polar surface area (TPSA) is 9.23 Å². The molecule has 70 valence electrons. The zero-order valence-electron chi connectivity index (χ0n) is 7.72. The van der Waals surface area contributed by atoms with Gasteiger partial charge in [-0.1, -0.05) is 24.6 Å². The molecular weight excluding hydrogens is 184 g/mol. The molecule has 1 nitrogen and oxygen atoms in total. The second kappa shape index (κ2) is 3.59. The summed E-state index contributed by atoms with van der Waals surface area (Å²) in [7, 11) is 0. The SMILES string of the molecule is CCc1ccc(OC2CC2)cc1Cl. The van der Waals surface area contributed by atoms with Gasteiger partial charge in [0, 0.05) is 5.02 Å². The van der Waals surface area contributed by atoms with E-state index in [1.165, 1.54) is 18.4 Å². The Labute approximate surface area is 83.7 Å². The van der Waals surface area contributed by atoms with E-state index in [1.54, 1.807) is 0 Å². The summed E-state index contributed by atoms with van der Waals surface area (Å²) in [6, 6.07) is 5.96. The lowest BCUT2D eigenvalue weighted by atomic mass is 10.2. The van der Waals surface area contributed by atoms with Crippen molar-refractivity contribution in [3.8, 4) is 5.75 Å². The van der Waals surface area contributed by atoms with Gasteiger partial charge in [-0.2, -0.15) is 0 Å². The van der Waals surface area contributed by atoms with Crippen molar-refractivity contribution in [3.05, 3.63) is 28.8 Å². The van der Waals surface area contributed by atoms with E-state index < -0.39 is 0 Å². The quantitative estimate of drug-likeness (QED) is 0.720. The highest BCUT2D eigenvalue weighted by Gasteiger charge is 2.23. The van der Waals surface area contributed by atoms with Gasteiger partial charge < -0.3 is 4.74 Å². The molecule has 1 aromatic carbocycles. The molecule has 1 fully saturated rings. The molecule has 0 saturated heterocycles. The van der Waals surface area contributed by atoms with E-state index in [9.17, 15) is 0 Å². The van der Waals surface area contributed by atoms with Gasteiger partial charge >= 0.3 is 0 Å². The molecule has 0 bridgehead atoms. The second-order valence-electron chi connectivity index (χ2n) is 3.42. The second-order valence-corrected chi connectivity index (χ2v) is 3.83. The molecule has 2 heteroatoms. The molecule has 0 N–H and O–H groups in total. The van der Waals surface area contributed by atoms with E-state index in [2.05, 4.69) is 6.92 Å². The molecule has 1 aromatic rings. The Hall–Kier alpha value is -0.690. The summed E-state index contributed by atoms with van der Waals surface area (Å²) < 4.78 is 5.62. The van der Waals surface area contributed by atoms with Crippen LogP contribution in [0.5, 0.6) is 5.75 Å². The number of hydrogen-bond acceptors (Lipinski definition) is 1. The molecule has 0 aromatic heterocycles. The maximum Gasteiger partial charge on any atom is 0.121 e. The predicted octanol–water partition coefficient (Wildman–Crippen LogP) is 3.44. The summed E-state index contributed by atoms with van der Waals surface area (Å²) in [6.07, 6.45) is 3.80. The van der Waals surface area contributed by atoms with Gasteiger partial charge in [-0.25, -0.2) is 0 Å². The van der Waals surface area contributed by atoms with Gasteiger partial charge in [0.1, 0.15) is 5.75 Å². The van der Waals surface area contributed by atoms with Crippen molar-refractivity contribution in [1.29, 1.82) is 0 Å². The molecule has 0 atom stereocenters. The number of hydrogen-bond donors (Lipinski definition) is 0. The third-order valence-corrected chi connectivity index (χ3v) is 2.58. The van der Waals surface area contributed by atoms with Crippen molar-refractivity contribution in [1.82, 2.24) is 0 Å². The highest BCUT2D eigenvalue weighted by Crippen LogP contribution is 2.29. The Balaban J connectivity index is 2.13. The number of benzene rings is 1. The molecule has 0 aliphatic heterocycles. The Kier molecular flexibility index (Phi) is 2.45. The molecule has 0 amide bonds. The van der Waals surface area contributed by atoms with Crippen LogP contribution in [0.3, 0.4) is 0 Å². The molecule has 0 spiro atoms. The van der Waals surface area contributed by atoms with Crippen molar-refractivity contribution < 1.29 is 4.74 Å².